The van der Waals surface area contributed by atoms with Crippen LogP contribution in [0.3, 0.4) is 0 Å². The van der Waals surface area contributed by atoms with Crippen molar-refractivity contribution < 1.29 is 14.8 Å². The van der Waals surface area contributed by atoms with Crippen molar-refractivity contribution in [1.82, 2.24) is 5.32 Å². The molecule has 0 spiro atoms. The number of para-hydroxylation sites is 1. The van der Waals surface area contributed by atoms with Crippen molar-refractivity contribution in [2.75, 3.05) is 6.54 Å². The average molecular weight is 264 g/mol. The molecule has 2 N–H and O–H groups in total. The zero-order chi connectivity index (χ0) is 14.3. The first-order chi connectivity index (χ1) is 9.04. The number of amides is 1. The highest BCUT2D eigenvalue weighted by atomic mass is 16.6. The third-order valence-corrected chi connectivity index (χ3v) is 2.53. The molecule has 0 saturated heterocycles. The average Bonchev–Trinajstić information content (AvgIpc) is 2.42. The van der Waals surface area contributed by atoms with Gasteiger partial charge in [0.2, 0.25) is 5.91 Å². The summed E-state index contributed by atoms with van der Waals surface area (Å²) in [6.07, 6.45) is 2.56. The van der Waals surface area contributed by atoms with Crippen molar-refractivity contribution in [2.45, 2.75) is 19.4 Å². The Morgan fingerprint density at radius 1 is 1.53 bits per heavy atom. The largest absolute Gasteiger partial charge is 0.391 e. The third kappa shape index (κ3) is 4.89. The Labute approximate surface area is 110 Å². The van der Waals surface area contributed by atoms with Crippen LogP contribution in [0.1, 0.15) is 18.9 Å². The molecular formula is C13H16N2O4. The van der Waals surface area contributed by atoms with Crippen LogP contribution < -0.4 is 5.32 Å². The second kappa shape index (κ2) is 7.27. The number of hydrogen-bond donors (Lipinski definition) is 2. The molecule has 0 heterocycles. The van der Waals surface area contributed by atoms with Crippen LogP contribution in [-0.4, -0.2) is 28.6 Å². The molecule has 1 amide bonds. The van der Waals surface area contributed by atoms with Gasteiger partial charge < -0.3 is 10.4 Å². The number of aliphatic hydroxyl groups excluding tert-OH is 1. The molecule has 0 radical (unpaired) electrons. The van der Waals surface area contributed by atoms with E-state index in [1.807, 2.05) is 0 Å². The van der Waals surface area contributed by atoms with Crippen molar-refractivity contribution in [3.8, 4) is 0 Å². The van der Waals surface area contributed by atoms with Crippen LogP contribution >= 0.6 is 0 Å². The summed E-state index contributed by atoms with van der Waals surface area (Å²) in [5.41, 5.74) is 0.304. The molecule has 0 aromatic heterocycles. The standard InChI is InChI=1S/C13H16N2O4/c1-2-11(16)9-14-13(17)8-7-10-5-3-4-6-12(10)15(18)19/h3-8,11,16H,2,9H2,1H3,(H,14,17)/b8-7+. The Morgan fingerprint density at radius 3 is 2.84 bits per heavy atom. The number of aliphatic hydroxyl groups is 1. The van der Waals surface area contributed by atoms with Crippen molar-refractivity contribution in [3.05, 3.63) is 46.0 Å². The number of nitrogens with zero attached hydrogens (tertiary/aromatic N) is 1. The van der Waals surface area contributed by atoms with Crippen molar-refractivity contribution in [2.24, 2.45) is 0 Å². The van der Waals surface area contributed by atoms with E-state index in [-0.39, 0.29) is 12.2 Å². The van der Waals surface area contributed by atoms with Gasteiger partial charge in [-0.05, 0) is 18.6 Å². The molecule has 0 aliphatic carbocycles. The predicted molar refractivity (Wildman–Crippen MR) is 71.4 cm³/mol. The molecule has 19 heavy (non-hydrogen) atoms. The van der Waals surface area contributed by atoms with Crippen LogP contribution in [0.15, 0.2) is 30.3 Å². The number of rotatable bonds is 6. The van der Waals surface area contributed by atoms with E-state index < -0.39 is 16.9 Å². The summed E-state index contributed by atoms with van der Waals surface area (Å²) in [6.45, 7) is 1.97. The first-order valence-electron chi connectivity index (χ1n) is 5.92. The van der Waals surface area contributed by atoms with Crippen LogP contribution in [0.4, 0.5) is 5.69 Å². The summed E-state index contributed by atoms with van der Waals surface area (Å²) in [7, 11) is 0. The van der Waals surface area contributed by atoms with E-state index >= 15 is 0 Å². The quantitative estimate of drug-likeness (QED) is 0.462. The van der Waals surface area contributed by atoms with Gasteiger partial charge in [-0.3, -0.25) is 14.9 Å². The monoisotopic (exact) mass is 264 g/mol. The number of nitro groups is 1. The molecule has 6 heteroatoms. The fourth-order valence-corrected chi connectivity index (χ4v) is 1.38. The first kappa shape index (κ1) is 14.8. The lowest BCUT2D eigenvalue weighted by Crippen LogP contribution is -2.30. The number of benzene rings is 1. The second-order valence-electron chi connectivity index (χ2n) is 3.96. The minimum atomic E-state index is -0.580. The predicted octanol–water partition coefficient (Wildman–Crippen LogP) is 1.50. The Hall–Kier alpha value is -2.21. The number of hydrogen-bond acceptors (Lipinski definition) is 4. The van der Waals surface area contributed by atoms with Gasteiger partial charge in [0.15, 0.2) is 0 Å². The molecule has 1 unspecified atom stereocenters. The Balaban J connectivity index is 2.66. The van der Waals surface area contributed by atoms with Gasteiger partial charge in [0.25, 0.3) is 5.69 Å². The molecule has 6 nitrogen and oxygen atoms in total. The van der Waals surface area contributed by atoms with Gasteiger partial charge in [0.05, 0.1) is 16.6 Å². The van der Waals surface area contributed by atoms with Gasteiger partial charge in [0.1, 0.15) is 0 Å². The summed E-state index contributed by atoms with van der Waals surface area (Å²) in [6, 6.07) is 6.15. The maximum atomic E-state index is 11.4. The summed E-state index contributed by atoms with van der Waals surface area (Å²) in [5, 5.41) is 22.5. The molecule has 0 fully saturated rings. The minimum Gasteiger partial charge on any atom is -0.391 e. The summed E-state index contributed by atoms with van der Waals surface area (Å²) in [5.74, 6) is -0.398. The minimum absolute atomic E-state index is 0.0554. The van der Waals surface area contributed by atoms with E-state index in [0.29, 0.717) is 12.0 Å². The summed E-state index contributed by atoms with van der Waals surface area (Å²) in [4.78, 5) is 21.7. The van der Waals surface area contributed by atoms with E-state index in [9.17, 15) is 20.0 Å². The second-order valence-corrected chi connectivity index (χ2v) is 3.96. The Kier molecular flexibility index (Phi) is 5.69. The van der Waals surface area contributed by atoms with E-state index in [1.54, 1.807) is 25.1 Å². The van der Waals surface area contributed by atoms with Crippen LogP contribution in [0.25, 0.3) is 6.08 Å². The smallest absolute Gasteiger partial charge is 0.276 e. The molecule has 1 aromatic carbocycles. The zero-order valence-electron chi connectivity index (χ0n) is 10.6. The summed E-state index contributed by atoms with van der Waals surface area (Å²) < 4.78 is 0. The lowest BCUT2D eigenvalue weighted by Gasteiger charge is -2.07. The van der Waals surface area contributed by atoms with Gasteiger partial charge in [-0.25, -0.2) is 0 Å². The van der Waals surface area contributed by atoms with E-state index in [4.69, 9.17) is 0 Å². The van der Waals surface area contributed by atoms with Crippen LogP contribution in [0.5, 0.6) is 0 Å². The molecule has 0 saturated carbocycles. The number of carbonyl (C=O) groups is 1. The maximum absolute atomic E-state index is 11.4. The highest BCUT2D eigenvalue weighted by Gasteiger charge is 2.09. The van der Waals surface area contributed by atoms with Crippen molar-refractivity contribution >= 4 is 17.7 Å². The normalized spacial score (nSPS) is 12.3. The Bertz CT molecular complexity index is 485. The van der Waals surface area contributed by atoms with Gasteiger partial charge in [-0.2, -0.15) is 0 Å². The SMILES string of the molecule is CCC(O)CNC(=O)/C=C/c1ccccc1[N+](=O)[O-]. The fraction of sp³-hybridized carbons (Fsp3) is 0.308. The topological polar surface area (TPSA) is 92.5 Å². The third-order valence-electron chi connectivity index (χ3n) is 2.53. The molecule has 0 aliphatic rings. The summed E-state index contributed by atoms with van der Waals surface area (Å²) >= 11 is 0. The van der Waals surface area contributed by atoms with Crippen molar-refractivity contribution in [3.63, 3.8) is 0 Å². The number of nitro benzene ring substituents is 1. The fourth-order valence-electron chi connectivity index (χ4n) is 1.38. The van der Waals surface area contributed by atoms with Gasteiger partial charge in [-0.15, -0.1) is 0 Å². The van der Waals surface area contributed by atoms with E-state index in [1.165, 1.54) is 18.2 Å². The molecule has 1 atom stereocenters. The zero-order valence-corrected chi connectivity index (χ0v) is 10.6. The Morgan fingerprint density at radius 2 is 2.21 bits per heavy atom. The maximum Gasteiger partial charge on any atom is 0.276 e. The molecule has 1 rings (SSSR count). The van der Waals surface area contributed by atoms with Crippen LogP contribution in [0, 0.1) is 10.1 Å². The van der Waals surface area contributed by atoms with Crippen LogP contribution in [-0.2, 0) is 4.79 Å². The first-order valence-corrected chi connectivity index (χ1v) is 5.92. The molecule has 1 aromatic rings. The van der Waals surface area contributed by atoms with Gasteiger partial charge >= 0.3 is 0 Å². The van der Waals surface area contributed by atoms with Crippen molar-refractivity contribution in [1.29, 1.82) is 0 Å². The lowest BCUT2D eigenvalue weighted by atomic mass is 10.1. The molecular weight excluding hydrogens is 248 g/mol. The number of carbonyl (C=O) groups excluding carboxylic acids is 1. The number of nitrogens with one attached hydrogen (secondary N) is 1. The van der Waals surface area contributed by atoms with E-state index in [2.05, 4.69) is 5.32 Å². The molecule has 102 valence electrons. The lowest BCUT2D eigenvalue weighted by molar-refractivity contribution is -0.385. The van der Waals surface area contributed by atoms with Crippen LogP contribution in [0.2, 0.25) is 0 Å². The molecule has 0 bridgehead atoms. The van der Waals surface area contributed by atoms with Gasteiger partial charge in [0, 0.05) is 18.7 Å². The highest BCUT2D eigenvalue weighted by molar-refractivity contribution is 5.92. The van der Waals surface area contributed by atoms with Gasteiger partial charge in [-0.1, -0.05) is 19.1 Å². The molecule has 0 aliphatic heterocycles. The highest BCUT2D eigenvalue weighted by Crippen LogP contribution is 2.18. The van der Waals surface area contributed by atoms with E-state index in [0.717, 1.165) is 0 Å².